The van der Waals surface area contributed by atoms with Crippen molar-refractivity contribution in [1.82, 2.24) is 10.3 Å². The van der Waals surface area contributed by atoms with Crippen LogP contribution < -0.4 is 10.6 Å². The summed E-state index contributed by atoms with van der Waals surface area (Å²) in [7, 11) is 0. The molecule has 2 aromatic rings. The first kappa shape index (κ1) is 15.6. The van der Waals surface area contributed by atoms with Crippen molar-refractivity contribution in [3.63, 3.8) is 0 Å². The summed E-state index contributed by atoms with van der Waals surface area (Å²) in [5.41, 5.74) is 0.599. The van der Waals surface area contributed by atoms with Gasteiger partial charge in [0.15, 0.2) is 5.13 Å². The molecule has 0 saturated heterocycles. The first-order valence-electron chi connectivity index (χ1n) is 6.31. The maximum Gasteiger partial charge on any atom is 0.231 e. The summed E-state index contributed by atoms with van der Waals surface area (Å²) >= 11 is 2.82. The van der Waals surface area contributed by atoms with Gasteiger partial charge in [-0.2, -0.15) is 0 Å². The largest absolute Gasteiger partial charge is 0.395 e. The van der Waals surface area contributed by atoms with E-state index < -0.39 is 0 Å². The van der Waals surface area contributed by atoms with Gasteiger partial charge in [0.25, 0.3) is 0 Å². The molecule has 0 aliphatic heterocycles. The number of carbonyl (C=O) groups is 2. The Labute approximate surface area is 129 Å². The van der Waals surface area contributed by atoms with Gasteiger partial charge < -0.3 is 15.7 Å². The lowest BCUT2D eigenvalue weighted by Gasteiger charge is -2.01. The van der Waals surface area contributed by atoms with E-state index in [1.54, 1.807) is 5.38 Å². The average Bonchev–Trinajstić information content (AvgIpc) is 3.08. The smallest absolute Gasteiger partial charge is 0.231 e. The summed E-state index contributed by atoms with van der Waals surface area (Å²) in [5.74, 6) is -0.325. The zero-order valence-corrected chi connectivity index (χ0v) is 12.8. The van der Waals surface area contributed by atoms with E-state index in [0.29, 0.717) is 17.2 Å². The lowest BCUT2D eigenvalue weighted by Crippen LogP contribution is -2.27. The molecule has 21 heavy (non-hydrogen) atoms. The molecule has 0 bridgehead atoms. The van der Waals surface area contributed by atoms with Crippen molar-refractivity contribution in [2.24, 2.45) is 0 Å². The third kappa shape index (κ3) is 5.25. The zero-order valence-electron chi connectivity index (χ0n) is 11.2. The van der Waals surface area contributed by atoms with E-state index in [1.165, 1.54) is 22.7 Å². The molecule has 112 valence electrons. The molecule has 3 N–H and O–H groups in total. The van der Waals surface area contributed by atoms with Crippen LogP contribution in [0.15, 0.2) is 22.9 Å². The van der Waals surface area contributed by atoms with Crippen LogP contribution in [0.25, 0.3) is 0 Å². The summed E-state index contributed by atoms with van der Waals surface area (Å²) in [6, 6.07) is 3.81. The number of anilines is 1. The first-order valence-corrected chi connectivity index (χ1v) is 8.07. The number of nitrogens with zero attached hydrogens (tertiary/aromatic N) is 1. The SMILES string of the molecule is O=C(Cc1csc(NC(=O)Cc2cccs2)n1)NCCO. The standard InChI is InChI=1S/C13H15N3O3S2/c17-4-3-14-11(18)6-9-8-21-13(15-9)16-12(19)7-10-2-1-5-20-10/h1-2,5,8,17H,3-4,6-7H2,(H,14,18)(H,15,16,19). The zero-order chi connectivity index (χ0) is 15.1. The van der Waals surface area contributed by atoms with E-state index in [1.807, 2.05) is 17.5 Å². The molecule has 0 fully saturated rings. The van der Waals surface area contributed by atoms with Crippen molar-refractivity contribution in [3.8, 4) is 0 Å². The number of nitrogens with one attached hydrogen (secondary N) is 2. The maximum atomic E-state index is 11.8. The van der Waals surface area contributed by atoms with Gasteiger partial charge in [0.05, 0.1) is 25.1 Å². The van der Waals surface area contributed by atoms with Crippen LogP contribution in [-0.4, -0.2) is 35.1 Å². The third-order valence-corrected chi connectivity index (χ3v) is 4.17. The highest BCUT2D eigenvalue weighted by Gasteiger charge is 2.10. The minimum absolute atomic E-state index is 0.0904. The Bertz CT molecular complexity index is 596. The van der Waals surface area contributed by atoms with Gasteiger partial charge in [-0.05, 0) is 11.4 Å². The molecule has 2 rings (SSSR count). The summed E-state index contributed by atoms with van der Waals surface area (Å²) in [5, 5.41) is 18.0. The first-order chi connectivity index (χ1) is 10.2. The highest BCUT2D eigenvalue weighted by Crippen LogP contribution is 2.17. The van der Waals surface area contributed by atoms with Crippen LogP contribution in [0, 0.1) is 0 Å². The van der Waals surface area contributed by atoms with Crippen LogP contribution in [0.3, 0.4) is 0 Å². The van der Waals surface area contributed by atoms with E-state index in [9.17, 15) is 9.59 Å². The minimum Gasteiger partial charge on any atom is -0.395 e. The number of aliphatic hydroxyl groups is 1. The van der Waals surface area contributed by atoms with Crippen LogP contribution in [-0.2, 0) is 22.4 Å². The summed E-state index contributed by atoms with van der Waals surface area (Å²) in [4.78, 5) is 28.5. The monoisotopic (exact) mass is 325 g/mol. The number of rotatable bonds is 7. The molecule has 2 heterocycles. The predicted octanol–water partition coefficient (Wildman–Crippen LogP) is 1.04. The third-order valence-electron chi connectivity index (χ3n) is 2.49. The van der Waals surface area contributed by atoms with Gasteiger partial charge in [0.2, 0.25) is 11.8 Å². The second-order valence-electron chi connectivity index (χ2n) is 4.20. The number of hydrogen-bond acceptors (Lipinski definition) is 6. The molecule has 0 radical (unpaired) electrons. The molecule has 0 unspecified atom stereocenters. The van der Waals surface area contributed by atoms with Crippen molar-refractivity contribution in [2.45, 2.75) is 12.8 Å². The summed E-state index contributed by atoms with van der Waals surface area (Å²) in [6.45, 7) is 0.139. The van der Waals surface area contributed by atoms with Crippen LogP contribution in [0.5, 0.6) is 0 Å². The fourth-order valence-electron chi connectivity index (χ4n) is 1.60. The number of carbonyl (C=O) groups excluding carboxylic acids is 2. The van der Waals surface area contributed by atoms with Crippen molar-refractivity contribution < 1.29 is 14.7 Å². The van der Waals surface area contributed by atoms with Gasteiger partial charge in [-0.1, -0.05) is 6.07 Å². The van der Waals surface area contributed by atoms with Crippen molar-refractivity contribution >= 4 is 39.6 Å². The molecule has 8 heteroatoms. The van der Waals surface area contributed by atoms with Gasteiger partial charge in [-0.15, -0.1) is 22.7 Å². The van der Waals surface area contributed by atoms with Gasteiger partial charge in [-0.25, -0.2) is 4.98 Å². The molecule has 0 saturated carbocycles. The Kier molecular flexibility index (Phi) is 5.85. The van der Waals surface area contributed by atoms with E-state index in [-0.39, 0.29) is 31.4 Å². The minimum atomic E-state index is -0.203. The Balaban J connectivity index is 1.82. The number of hydrogen-bond donors (Lipinski definition) is 3. The van der Waals surface area contributed by atoms with Crippen LogP contribution in [0.1, 0.15) is 10.6 Å². The Morgan fingerprint density at radius 2 is 2.10 bits per heavy atom. The van der Waals surface area contributed by atoms with Crippen LogP contribution in [0.4, 0.5) is 5.13 Å². The fraction of sp³-hybridized carbons (Fsp3) is 0.308. The molecule has 0 aromatic carbocycles. The molecule has 0 aliphatic rings. The molecule has 2 amide bonds. The molecular formula is C13H15N3O3S2. The van der Waals surface area contributed by atoms with Crippen LogP contribution in [0.2, 0.25) is 0 Å². The summed E-state index contributed by atoms with van der Waals surface area (Å²) in [6.07, 6.45) is 0.459. The number of aliphatic hydroxyl groups excluding tert-OH is 1. The quantitative estimate of drug-likeness (QED) is 0.709. The maximum absolute atomic E-state index is 11.8. The number of aromatic nitrogens is 1. The van der Waals surface area contributed by atoms with Crippen molar-refractivity contribution in [3.05, 3.63) is 33.5 Å². The molecule has 0 atom stereocenters. The van der Waals surface area contributed by atoms with Gasteiger partial charge in [0.1, 0.15) is 0 Å². The lowest BCUT2D eigenvalue weighted by molar-refractivity contribution is -0.120. The average molecular weight is 325 g/mol. The topological polar surface area (TPSA) is 91.3 Å². The predicted molar refractivity (Wildman–Crippen MR) is 82.6 cm³/mol. The number of thiophene rings is 1. The molecular weight excluding hydrogens is 310 g/mol. The molecule has 2 aromatic heterocycles. The van der Waals surface area contributed by atoms with E-state index >= 15 is 0 Å². The second kappa shape index (κ2) is 7.87. The highest BCUT2D eigenvalue weighted by atomic mass is 32.1. The molecule has 0 aliphatic carbocycles. The van der Waals surface area contributed by atoms with Gasteiger partial charge >= 0.3 is 0 Å². The van der Waals surface area contributed by atoms with Crippen LogP contribution >= 0.6 is 22.7 Å². The van der Waals surface area contributed by atoms with Gasteiger partial charge in [0, 0.05) is 16.8 Å². The summed E-state index contributed by atoms with van der Waals surface area (Å²) < 4.78 is 0. The van der Waals surface area contributed by atoms with Gasteiger partial charge in [-0.3, -0.25) is 9.59 Å². The fourth-order valence-corrected chi connectivity index (χ4v) is 3.03. The second-order valence-corrected chi connectivity index (χ2v) is 6.09. The molecule has 0 spiro atoms. The Morgan fingerprint density at radius 3 is 2.81 bits per heavy atom. The number of amides is 2. The van der Waals surface area contributed by atoms with E-state index in [0.717, 1.165) is 4.88 Å². The molecule has 6 nitrogen and oxygen atoms in total. The normalized spacial score (nSPS) is 10.3. The number of thiazole rings is 1. The Morgan fingerprint density at radius 1 is 1.24 bits per heavy atom. The highest BCUT2D eigenvalue weighted by molar-refractivity contribution is 7.14. The van der Waals surface area contributed by atoms with E-state index in [4.69, 9.17) is 5.11 Å². The Hall–Kier alpha value is -1.77. The lowest BCUT2D eigenvalue weighted by atomic mass is 10.3. The van der Waals surface area contributed by atoms with Crippen molar-refractivity contribution in [2.75, 3.05) is 18.5 Å². The van der Waals surface area contributed by atoms with Crippen molar-refractivity contribution in [1.29, 1.82) is 0 Å². The van der Waals surface area contributed by atoms with E-state index in [2.05, 4.69) is 15.6 Å².